The maximum absolute atomic E-state index is 9.43. The van der Waals surface area contributed by atoms with Crippen LogP contribution < -0.4 is 4.90 Å². The zero-order valence-electron chi connectivity index (χ0n) is 10.6. The van der Waals surface area contributed by atoms with Crippen LogP contribution in [0.4, 0.5) is 5.69 Å². The summed E-state index contributed by atoms with van der Waals surface area (Å²) in [5, 5.41) is 17.7. The van der Waals surface area contributed by atoms with Gasteiger partial charge in [-0.05, 0) is 19.1 Å². The molecule has 3 heteroatoms. The Hall–Kier alpha value is -2.60. The molecule has 19 heavy (non-hydrogen) atoms. The van der Waals surface area contributed by atoms with Crippen molar-refractivity contribution in [1.29, 1.82) is 10.7 Å². The van der Waals surface area contributed by atoms with E-state index in [4.69, 9.17) is 5.41 Å². The molecular weight excluding hydrogens is 234 g/mol. The molecule has 0 amide bonds. The van der Waals surface area contributed by atoms with E-state index < -0.39 is 6.04 Å². The van der Waals surface area contributed by atoms with Gasteiger partial charge < -0.3 is 4.90 Å². The number of nitriles is 1. The van der Waals surface area contributed by atoms with Gasteiger partial charge in [-0.3, -0.25) is 5.41 Å². The van der Waals surface area contributed by atoms with E-state index in [1.165, 1.54) is 5.56 Å². The predicted octanol–water partition coefficient (Wildman–Crippen LogP) is 3.41. The van der Waals surface area contributed by atoms with Gasteiger partial charge in [-0.15, -0.1) is 0 Å². The third kappa shape index (κ3) is 1.69. The fourth-order valence-electron chi connectivity index (χ4n) is 2.46. The molecule has 2 aromatic rings. The third-order valence-electron chi connectivity index (χ3n) is 3.44. The van der Waals surface area contributed by atoms with Gasteiger partial charge in [-0.1, -0.05) is 42.0 Å². The molecule has 3 nitrogen and oxygen atoms in total. The number of hydrogen-bond donors (Lipinski definition) is 1. The Morgan fingerprint density at radius 3 is 2.47 bits per heavy atom. The molecule has 0 aliphatic carbocycles. The molecule has 0 aromatic heterocycles. The lowest BCUT2D eigenvalue weighted by Crippen LogP contribution is -2.26. The van der Waals surface area contributed by atoms with Crippen molar-refractivity contribution in [2.45, 2.75) is 13.0 Å². The molecule has 3 rings (SSSR count). The first-order valence-corrected chi connectivity index (χ1v) is 6.16. The zero-order valence-corrected chi connectivity index (χ0v) is 10.6. The number of anilines is 1. The molecule has 0 bridgehead atoms. The first-order valence-electron chi connectivity index (χ1n) is 6.16. The second kappa shape index (κ2) is 4.25. The van der Waals surface area contributed by atoms with Crippen molar-refractivity contribution >= 4 is 11.5 Å². The van der Waals surface area contributed by atoms with E-state index in [0.717, 1.165) is 16.8 Å². The van der Waals surface area contributed by atoms with Gasteiger partial charge in [0.2, 0.25) is 0 Å². The molecule has 0 saturated carbocycles. The van der Waals surface area contributed by atoms with Crippen LogP contribution in [0, 0.1) is 23.7 Å². The van der Waals surface area contributed by atoms with Crippen molar-refractivity contribution in [3.63, 3.8) is 0 Å². The highest BCUT2D eigenvalue weighted by Crippen LogP contribution is 2.36. The lowest BCUT2D eigenvalue weighted by molar-refractivity contribution is 0.919. The van der Waals surface area contributed by atoms with E-state index in [1.54, 1.807) is 4.90 Å². The molecule has 1 aliphatic rings. The highest BCUT2D eigenvalue weighted by atomic mass is 15.2. The summed E-state index contributed by atoms with van der Waals surface area (Å²) in [6.07, 6.45) is 0. The lowest BCUT2D eigenvalue weighted by atomic mass is 10.1. The van der Waals surface area contributed by atoms with Crippen molar-refractivity contribution in [3.05, 3.63) is 65.2 Å². The van der Waals surface area contributed by atoms with E-state index in [1.807, 2.05) is 55.5 Å². The fraction of sp³-hybridized carbons (Fsp3) is 0.125. The topological polar surface area (TPSA) is 50.9 Å². The molecular formula is C16H13N3. The van der Waals surface area contributed by atoms with E-state index in [9.17, 15) is 5.26 Å². The summed E-state index contributed by atoms with van der Waals surface area (Å²) in [5.74, 6) is 0.394. The highest BCUT2D eigenvalue weighted by Gasteiger charge is 2.34. The first kappa shape index (κ1) is 11.5. The fourth-order valence-corrected chi connectivity index (χ4v) is 2.46. The summed E-state index contributed by atoms with van der Waals surface area (Å²) in [5.41, 5.74) is 3.81. The standard InChI is InChI=1S/C16H13N3/c1-11-6-8-12(9-7-11)19-15(10-17)13-4-2-3-5-14(13)16(19)18/h2-9,15,18H,1H3/t15-/m0/s1. The number of hydrogen-bond acceptors (Lipinski definition) is 2. The van der Waals surface area contributed by atoms with Crippen LogP contribution >= 0.6 is 0 Å². The van der Waals surface area contributed by atoms with Crippen LogP contribution in [0.2, 0.25) is 0 Å². The van der Waals surface area contributed by atoms with Crippen LogP contribution in [0.15, 0.2) is 48.5 Å². The summed E-state index contributed by atoms with van der Waals surface area (Å²) in [7, 11) is 0. The van der Waals surface area contributed by atoms with Crippen molar-refractivity contribution in [2.24, 2.45) is 0 Å². The SMILES string of the molecule is Cc1ccc(N2C(=N)c3ccccc3[C@@H]2C#N)cc1. The zero-order chi connectivity index (χ0) is 13.4. The van der Waals surface area contributed by atoms with Gasteiger partial charge in [-0.25, -0.2) is 0 Å². The largest absolute Gasteiger partial charge is 0.306 e. The van der Waals surface area contributed by atoms with Gasteiger partial charge in [0.1, 0.15) is 11.9 Å². The molecule has 0 spiro atoms. The average Bonchev–Trinajstić information content (AvgIpc) is 2.73. The Morgan fingerprint density at radius 1 is 1.11 bits per heavy atom. The van der Waals surface area contributed by atoms with Crippen molar-refractivity contribution in [1.82, 2.24) is 0 Å². The number of amidine groups is 1. The molecule has 0 unspecified atom stereocenters. The van der Waals surface area contributed by atoms with Crippen LogP contribution in [0.3, 0.4) is 0 Å². The summed E-state index contributed by atoms with van der Waals surface area (Å²) in [6, 6.07) is 17.4. The maximum Gasteiger partial charge on any atom is 0.148 e. The van der Waals surface area contributed by atoms with Gasteiger partial charge in [-0.2, -0.15) is 5.26 Å². The van der Waals surface area contributed by atoms with Gasteiger partial charge in [0.25, 0.3) is 0 Å². The summed E-state index contributed by atoms with van der Waals surface area (Å²) >= 11 is 0. The molecule has 1 aliphatic heterocycles. The van der Waals surface area contributed by atoms with Crippen LogP contribution in [0.1, 0.15) is 22.7 Å². The number of rotatable bonds is 1. The normalized spacial score (nSPS) is 17.2. The Morgan fingerprint density at radius 2 is 1.79 bits per heavy atom. The van der Waals surface area contributed by atoms with E-state index >= 15 is 0 Å². The van der Waals surface area contributed by atoms with Crippen molar-refractivity contribution in [2.75, 3.05) is 4.90 Å². The molecule has 0 fully saturated rings. The Kier molecular flexibility index (Phi) is 2.57. The van der Waals surface area contributed by atoms with Gasteiger partial charge in [0.15, 0.2) is 0 Å². The Bertz CT molecular complexity index is 680. The minimum atomic E-state index is -0.411. The minimum absolute atomic E-state index is 0.394. The van der Waals surface area contributed by atoms with Crippen LogP contribution in [0.25, 0.3) is 0 Å². The summed E-state index contributed by atoms with van der Waals surface area (Å²) in [4.78, 5) is 1.78. The Labute approximate surface area is 112 Å². The maximum atomic E-state index is 9.43. The van der Waals surface area contributed by atoms with E-state index in [-0.39, 0.29) is 0 Å². The van der Waals surface area contributed by atoms with Crippen LogP contribution in [0.5, 0.6) is 0 Å². The van der Waals surface area contributed by atoms with Gasteiger partial charge in [0, 0.05) is 16.8 Å². The van der Waals surface area contributed by atoms with Crippen LogP contribution in [-0.4, -0.2) is 5.84 Å². The second-order valence-corrected chi connectivity index (χ2v) is 4.67. The summed E-state index contributed by atoms with van der Waals surface area (Å²) < 4.78 is 0. The molecule has 1 atom stereocenters. The van der Waals surface area contributed by atoms with E-state index in [2.05, 4.69) is 6.07 Å². The number of nitrogens with one attached hydrogen (secondary N) is 1. The van der Waals surface area contributed by atoms with Gasteiger partial charge >= 0.3 is 0 Å². The predicted molar refractivity (Wildman–Crippen MR) is 75.3 cm³/mol. The molecule has 1 N–H and O–H groups in total. The molecule has 2 aromatic carbocycles. The minimum Gasteiger partial charge on any atom is -0.306 e. The number of fused-ring (bicyclic) bond motifs is 1. The van der Waals surface area contributed by atoms with Crippen molar-refractivity contribution < 1.29 is 0 Å². The van der Waals surface area contributed by atoms with Crippen LogP contribution in [-0.2, 0) is 0 Å². The first-order chi connectivity index (χ1) is 9.22. The van der Waals surface area contributed by atoms with E-state index in [0.29, 0.717) is 5.84 Å². The van der Waals surface area contributed by atoms with Gasteiger partial charge in [0.05, 0.1) is 6.07 Å². The lowest BCUT2D eigenvalue weighted by Gasteiger charge is -2.22. The number of benzene rings is 2. The highest BCUT2D eigenvalue weighted by molar-refractivity contribution is 6.13. The smallest absolute Gasteiger partial charge is 0.148 e. The van der Waals surface area contributed by atoms with Crippen molar-refractivity contribution in [3.8, 4) is 6.07 Å². The number of nitrogens with zero attached hydrogens (tertiary/aromatic N) is 2. The molecule has 0 radical (unpaired) electrons. The quantitative estimate of drug-likeness (QED) is 0.839. The number of aryl methyl sites for hydroxylation is 1. The second-order valence-electron chi connectivity index (χ2n) is 4.67. The monoisotopic (exact) mass is 247 g/mol. The average molecular weight is 247 g/mol. The molecule has 0 saturated heterocycles. The Balaban J connectivity index is 2.12. The summed E-state index contributed by atoms with van der Waals surface area (Å²) in [6.45, 7) is 2.02. The molecule has 1 heterocycles. The molecule has 92 valence electrons. The third-order valence-corrected chi connectivity index (χ3v) is 3.44.